The van der Waals surface area contributed by atoms with E-state index in [4.69, 9.17) is 15.6 Å². The van der Waals surface area contributed by atoms with E-state index in [2.05, 4.69) is 20.3 Å². The van der Waals surface area contributed by atoms with Crippen LogP contribution in [0, 0.1) is 0 Å². The fourth-order valence-electron chi connectivity index (χ4n) is 1.84. The number of aromatic nitrogens is 3. The largest absolute Gasteiger partial charge is 0.378 e. The summed E-state index contributed by atoms with van der Waals surface area (Å²) in [4.78, 5) is 14.3. The highest BCUT2D eigenvalue weighted by Crippen LogP contribution is 2.13. The molecule has 2 heterocycles. The van der Waals surface area contributed by atoms with E-state index < -0.39 is 10.0 Å². The molecular formula is C10H19N7O3S. The van der Waals surface area contributed by atoms with Gasteiger partial charge in [0, 0.05) is 19.6 Å². The monoisotopic (exact) mass is 317 g/mol. The van der Waals surface area contributed by atoms with Gasteiger partial charge in [-0.15, -0.1) is 0 Å². The zero-order chi connectivity index (χ0) is 15.3. The van der Waals surface area contributed by atoms with Gasteiger partial charge in [0.2, 0.25) is 27.9 Å². The van der Waals surface area contributed by atoms with Crippen LogP contribution in [-0.2, 0) is 14.8 Å². The van der Waals surface area contributed by atoms with E-state index in [9.17, 15) is 8.42 Å². The molecule has 0 bridgehead atoms. The minimum absolute atomic E-state index is 0.100. The first-order chi connectivity index (χ1) is 9.94. The molecule has 0 amide bonds. The Morgan fingerprint density at radius 1 is 1.24 bits per heavy atom. The summed E-state index contributed by atoms with van der Waals surface area (Å²) in [5, 5.41) is 7.84. The average molecular weight is 317 g/mol. The molecule has 1 fully saturated rings. The second-order valence-electron chi connectivity index (χ2n) is 4.56. The number of hydrogen-bond donors (Lipinski definition) is 3. The summed E-state index contributed by atoms with van der Waals surface area (Å²) in [6.07, 6.45) is 0.358. The van der Waals surface area contributed by atoms with Gasteiger partial charge in [-0.3, -0.25) is 0 Å². The van der Waals surface area contributed by atoms with E-state index in [1.165, 1.54) is 0 Å². The SMILES string of the molecule is Nc1nc(NCCCS(N)(=O)=O)nc(N2CCOCC2)n1. The zero-order valence-corrected chi connectivity index (χ0v) is 12.3. The topological polar surface area (TPSA) is 149 Å². The molecule has 1 saturated heterocycles. The van der Waals surface area contributed by atoms with E-state index >= 15 is 0 Å². The first-order valence-corrected chi connectivity index (χ1v) is 8.24. The fourth-order valence-corrected chi connectivity index (χ4v) is 2.38. The van der Waals surface area contributed by atoms with Crippen molar-refractivity contribution in [2.45, 2.75) is 6.42 Å². The van der Waals surface area contributed by atoms with Gasteiger partial charge in [0.15, 0.2) is 0 Å². The minimum Gasteiger partial charge on any atom is -0.378 e. The van der Waals surface area contributed by atoms with Crippen LogP contribution >= 0.6 is 0 Å². The van der Waals surface area contributed by atoms with E-state index in [0.29, 0.717) is 51.2 Å². The Morgan fingerprint density at radius 3 is 2.62 bits per heavy atom. The Morgan fingerprint density at radius 2 is 1.95 bits per heavy atom. The number of sulfonamides is 1. The number of primary sulfonamides is 1. The molecule has 0 unspecified atom stereocenters. The highest BCUT2D eigenvalue weighted by atomic mass is 32.2. The second kappa shape index (κ2) is 6.83. The Bertz CT molecular complexity index is 574. The van der Waals surface area contributed by atoms with Crippen molar-refractivity contribution in [1.29, 1.82) is 0 Å². The van der Waals surface area contributed by atoms with E-state index in [0.717, 1.165) is 0 Å². The number of nitrogens with two attached hydrogens (primary N) is 2. The van der Waals surface area contributed by atoms with Crippen molar-refractivity contribution in [2.75, 3.05) is 54.6 Å². The molecule has 1 aromatic heterocycles. The first kappa shape index (κ1) is 15.7. The van der Waals surface area contributed by atoms with Crippen molar-refractivity contribution < 1.29 is 13.2 Å². The molecule has 21 heavy (non-hydrogen) atoms. The van der Waals surface area contributed by atoms with Gasteiger partial charge < -0.3 is 20.7 Å². The highest BCUT2D eigenvalue weighted by molar-refractivity contribution is 7.89. The van der Waals surface area contributed by atoms with Crippen molar-refractivity contribution in [3.05, 3.63) is 0 Å². The van der Waals surface area contributed by atoms with Crippen molar-refractivity contribution in [2.24, 2.45) is 5.14 Å². The van der Waals surface area contributed by atoms with Gasteiger partial charge in [-0.2, -0.15) is 15.0 Å². The summed E-state index contributed by atoms with van der Waals surface area (Å²) in [7, 11) is -3.45. The van der Waals surface area contributed by atoms with Crippen LogP contribution in [0.5, 0.6) is 0 Å². The molecule has 10 nitrogen and oxygen atoms in total. The number of rotatable bonds is 6. The molecule has 5 N–H and O–H groups in total. The molecule has 2 rings (SSSR count). The van der Waals surface area contributed by atoms with E-state index in [1.54, 1.807) is 0 Å². The number of nitrogen functional groups attached to an aromatic ring is 1. The van der Waals surface area contributed by atoms with Crippen molar-refractivity contribution in [1.82, 2.24) is 15.0 Å². The molecule has 0 radical (unpaired) electrons. The van der Waals surface area contributed by atoms with Gasteiger partial charge in [0.25, 0.3) is 0 Å². The summed E-state index contributed by atoms with van der Waals surface area (Å²) in [5.74, 6) is 0.815. The lowest BCUT2D eigenvalue weighted by Gasteiger charge is -2.26. The predicted octanol–water partition coefficient (Wildman–Crippen LogP) is -1.62. The van der Waals surface area contributed by atoms with Crippen LogP contribution in [0.25, 0.3) is 0 Å². The maximum absolute atomic E-state index is 10.8. The third-order valence-electron chi connectivity index (χ3n) is 2.82. The van der Waals surface area contributed by atoms with Gasteiger partial charge in [0.05, 0.1) is 19.0 Å². The van der Waals surface area contributed by atoms with Gasteiger partial charge in [-0.05, 0) is 6.42 Å². The molecule has 0 aliphatic carbocycles. The summed E-state index contributed by atoms with van der Waals surface area (Å²) in [6.45, 7) is 2.98. The van der Waals surface area contributed by atoms with Crippen LogP contribution < -0.4 is 21.1 Å². The Kier molecular flexibility index (Phi) is 5.09. The van der Waals surface area contributed by atoms with Crippen LogP contribution in [-0.4, -0.2) is 62.0 Å². The predicted molar refractivity (Wildman–Crippen MR) is 78.4 cm³/mol. The molecule has 11 heteroatoms. The number of hydrogen-bond acceptors (Lipinski definition) is 9. The minimum atomic E-state index is -3.45. The summed E-state index contributed by atoms with van der Waals surface area (Å²) in [6, 6.07) is 0. The molecule has 0 spiro atoms. The maximum atomic E-state index is 10.8. The summed E-state index contributed by atoms with van der Waals surface area (Å²) >= 11 is 0. The molecule has 0 saturated carbocycles. The quantitative estimate of drug-likeness (QED) is 0.526. The normalized spacial score (nSPS) is 16.0. The molecule has 1 aliphatic rings. The van der Waals surface area contributed by atoms with Crippen molar-refractivity contribution in [3.8, 4) is 0 Å². The number of nitrogens with one attached hydrogen (secondary N) is 1. The first-order valence-electron chi connectivity index (χ1n) is 6.52. The third kappa shape index (κ3) is 5.28. The van der Waals surface area contributed by atoms with E-state index in [-0.39, 0.29) is 11.7 Å². The molecule has 0 aromatic carbocycles. The van der Waals surface area contributed by atoms with Gasteiger partial charge >= 0.3 is 0 Å². The van der Waals surface area contributed by atoms with Crippen LogP contribution in [0.2, 0.25) is 0 Å². The summed E-state index contributed by atoms with van der Waals surface area (Å²) < 4.78 is 26.9. The lowest BCUT2D eigenvalue weighted by Crippen LogP contribution is -2.37. The molecule has 118 valence electrons. The van der Waals surface area contributed by atoms with Crippen LogP contribution in [0.1, 0.15) is 6.42 Å². The van der Waals surface area contributed by atoms with Gasteiger partial charge in [-0.1, -0.05) is 0 Å². The van der Waals surface area contributed by atoms with Gasteiger partial charge in [-0.25, -0.2) is 13.6 Å². The van der Waals surface area contributed by atoms with Crippen LogP contribution in [0.15, 0.2) is 0 Å². The molecule has 0 atom stereocenters. The highest BCUT2D eigenvalue weighted by Gasteiger charge is 2.15. The molecule has 1 aliphatic heterocycles. The van der Waals surface area contributed by atoms with Crippen molar-refractivity contribution >= 4 is 27.9 Å². The average Bonchev–Trinajstić information content (AvgIpc) is 2.43. The second-order valence-corrected chi connectivity index (χ2v) is 6.30. The van der Waals surface area contributed by atoms with Crippen molar-refractivity contribution in [3.63, 3.8) is 0 Å². The third-order valence-corrected chi connectivity index (χ3v) is 3.68. The molecule has 1 aromatic rings. The number of ether oxygens (including phenoxy) is 1. The smallest absolute Gasteiger partial charge is 0.232 e. The van der Waals surface area contributed by atoms with Gasteiger partial charge in [0.1, 0.15) is 0 Å². The maximum Gasteiger partial charge on any atom is 0.232 e. The standard InChI is InChI=1S/C10H19N7O3S/c11-8-14-9(13-2-1-7-21(12,18)19)16-10(15-8)17-3-5-20-6-4-17/h1-7H2,(H2,12,18,19)(H3,11,13,14,15,16). The lowest BCUT2D eigenvalue weighted by molar-refractivity contribution is 0.122. The number of morpholine rings is 1. The van der Waals surface area contributed by atoms with Crippen LogP contribution in [0.4, 0.5) is 17.8 Å². The lowest BCUT2D eigenvalue weighted by atomic mass is 10.4. The Labute approximate surface area is 123 Å². The number of nitrogens with zero attached hydrogens (tertiary/aromatic N) is 4. The zero-order valence-electron chi connectivity index (χ0n) is 11.5. The van der Waals surface area contributed by atoms with E-state index in [1.807, 2.05) is 4.90 Å². The summed E-state index contributed by atoms with van der Waals surface area (Å²) in [5.41, 5.74) is 5.66. The Balaban J connectivity index is 1.95. The molecular weight excluding hydrogens is 298 g/mol. The number of anilines is 3. The van der Waals surface area contributed by atoms with Crippen LogP contribution in [0.3, 0.4) is 0 Å². The fraction of sp³-hybridized carbons (Fsp3) is 0.700. The Hall–Kier alpha value is -1.72.